The Labute approximate surface area is 120 Å². The molecule has 0 aromatic heterocycles. The topological polar surface area (TPSA) is 55.4 Å². The van der Waals surface area contributed by atoms with E-state index in [1.807, 2.05) is 6.92 Å². The Kier molecular flexibility index (Phi) is 5.10. The van der Waals surface area contributed by atoms with Gasteiger partial charge in [0.25, 0.3) is 0 Å². The fourth-order valence-corrected chi connectivity index (χ4v) is 2.30. The van der Waals surface area contributed by atoms with Crippen molar-refractivity contribution in [2.24, 2.45) is 0 Å². The molecular formula is C13H20ClNO3S. The van der Waals surface area contributed by atoms with Gasteiger partial charge in [0.15, 0.2) is 0 Å². The summed E-state index contributed by atoms with van der Waals surface area (Å²) in [5.41, 5.74) is 1.26. The van der Waals surface area contributed by atoms with Gasteiger partial charge in [-0.15, -0.1) is 11.6 Å². The Morgan fingerprint density at radius 1 is 1.32 bits per heavy atom. The minimum absolute atomic E-state index is 0.264. The average molecular weight is 306 g/mol. The van der Waals surface area contributed by atoms with Crippen LogP contribution in [0.5, 0.6) is 5.75 Å². The molecule has 1 aromatic carbocycles. The van der Waals surface area contributed by atoms with Gasteiger partial charge >= 0.3 is 0 Å². The van der Waals surface area contributed by atoms with E-state index >= 15 is 0 Å². The van der Waals surface area contributed by atoms with Crippen LogP contribution in [-0.4, -0.2) is 19.8 Å². The minimum Gasteiger partial charge on any atom is -0.494 e. The van der Waals surface area contributed by atoms with E-state index in [1.54, 1.807) is 39.0 Å². The third kappa shape index (κ3) is 4.01. The predicted octanol–water partition coefficient (Wildman–Crippen LogP) is 3.36. The first kappa shape index (κ1) is 16.1. The average Bonchev–Trinajstić information content (AvgIpc) is 2.29. The summed E-state index contributed by atoms with van der Waals surface area (Å²) in [5, 5.41) is 0. The molecule has 0 amide bonds. The molecular weight excluding hydrogens is 286 g/mol. The first-order valence-corrected chi connectivity index (χ1v) is 8.07. The molecule has 0 bridgehead atoms. The zero-order valence-corrected chi connectivity index (χ0v) is 13.2. The molecule has 1 N–H and O–H groups in total. The molecule has 0 spiro atoms. The number of hydrogen-bond donors (Lipinski definition) is 1. The Morgan fingerprint density at radius 2 is 1.95 bits per heavy atom. The van der Waals surface area contributed by atoms with E-state index in [0.29, 0.717) is 18.0 Å². The third-order valence-corrected chi connectivity index (χ3v) is 4.97. The highest BCUT2D eigenvalue weighted by Gasteiger charge is 2.28. The van der Waals surface area contributed by atoms with Gasteiger partial charge in [-0.1, -0.05) is 0 Å². The zero-order valence-electron chi connectivity index (χ0n) is 11.7. The second-order valence-corrected chi connectivity index (χ2v) is 7.81. The molecule has 0 atom stereocenters. The van der Waals surface area contributed by atoms with E-state index in [1.165, 1.54) is 0 Å². The number of alkyl halides is 1. The van der Waals surface area contributed by atoms with Gasteiger partial charge in [0.05, 0.1) is 17.2 Å². The summed E-state index contributed by atoms with van der Waals surface area (Å²) in [6, 6.07) is 5.09. The van der Waals surface area contributed by atoms with Crippen LogP contribution in [-0.2, 0) is 15.9 Å². The number of rotatable bonds is 5. The summed E-state index contributed by atoms with van der Waals surface area (Å²) in [5.74, 6) is 0.941. The molecule has 0 aliphatic heterocycles. The van der Waals surface area contributed by atoms with E-state index in [-0.39, 0.29) is 5.88 Å². The maximum atomic E-state index is 12.1. The van der Waals surface area contributed by atoms with Crippen molar-refractivity contribution in [3.8, 4) is 5.75 Å². The third-order valence-electron chi connectivity index (χ3n) is 2.56. The molecule has 0 aliphatic rings. The molecule has 4 nitrogen and oxygen atoms in total. The molecule has 1 aromatic rings. The number of ether oxygens (including phenoxy) is 1. The molecule has 0 heterocycles. The van der Waals surface area contributed by atoms with Crippen LogP contribution >= 0.6 is 11.6 Å². The van der Waals surface area contributed by atoms with Gasteiger partial charge in [-0.05, 0) is 45.9 Å². The molecule has 108 valence electrons. The smallest absolute Gasteiger partial charge is 0.237 e. The van der Waals surface area contributed by atoms with E-state index < -0.39 is 14.8 Å². The number of halogens is 1. The van der Waals surface area contributed by atoms with Crippen LogP contribution < -0.4 is 9.46 Å². The summed E-state index contributed by atoms with van der Waals surface area (Å²) in [6.45, 7) is 7.36. The lowest BCUT2D eigenvalue weighted by Crippen LogP contribution is -2.33. The largest absolute Gasteiger partial charge is 0.494 e. The fraction of sp³-hybridized carbons (Fsp3) is 0.538. The van der Waals surface area contributed by atoms with Crippen molar-refractivity contribution in [2.75, 3.05) is 11.3 Å². The molecule has 1 rings (SSSR count). The number of anilines is 1. The van der Waals surface area contributed by atoms with E-state index in [2.05, 4.69) is 4.72 Å². The highest BCUT2D eigenvalue weighted by atomic mass is 35.5. The number of sulfonamides is 1. The summed E-state index contributed by atoms with van der Waals surface area (Å²) in [6.07, 6.45) is 0. The van der Waals surface area contributed by atoms with Gasteiger partial charge in [-0.25, -0.2) is 8.42 Å². The molecule has 0 fully saturated rings. The van der Waals surface area contributed by atoms with Crippen LogP contribution in [0.1, 0.15) is 33.3 Å². The van der Waals surface area contributed by atoms with Crippen LogP contribution in [0.3, 0.4) is 0 Å². The molecule has 19 heavy (non-hydrogen) atoms. The summed E-state index contributed by atoms with van der Waals surface area (Å²) in [4.78, 5) is 0. The highest BCUT2D eigenvalue weighted by molar-refractivity contribution is 7.94. The molecule has 0 aliphatic carbocycles. The van der Waals surface area contributed by atoms with Gasteiger partial charge in [0.2, 0.25) is 10.0 Å². The van der Waals surface area contributed by atoms with Crippen molar-refractivity contribution in [2.45, 2.75) is 38.3 Å². The summed E-state index contributed by atoms with van der Waals surface area (Å²) < 4.78 is 31.2. The first-order chi connectivity index (χ1) is 8.71. The monoisotopic (exact) mass is 305 g/mol. The van der Waals surface area contributed by atoms with Crippen molar-refractivity contribution in [1.82, 2.24) is 0 Å². The van der Waals surface area contributed by atoms with Crippen molar-refractivity contribution in [1.29, 1.82) is 0 Å². The number of nitrogens with one attached hydrogen (secondary N) is 1. The van der Waals surface area contributed by atoms with Gasteiger partial charge < -0.3 is 4.74 Å². The highest BCUT2D eigenvalue weighted by Crippen LogP contribution is 2.27. The van der Waals surface area contributed by atoms with Crippen LogP contribution in [0, 0.1) is 0 Å². The SMILES string of the molecule is CCOc1ccc(NS(=O)(=O)C(C)(C)C)cc1CCl. The zero-order chi connectivity index (χ0) is 14.7. The van der Waals surface area contributed by atoms with Crippen molar-refractivity contribution in [3.05, 3.63) is 23.8 Å². The van der Waals surface area contributed by atoms with Gasteiger partial charge in [0, 0.05) is 11.3 Å². The van der Waals surface area contributed by atoms with Crippen LogP contribution in [0.4, 0.5) is 5.69 Å². The number of benzene rings is 1. The Morgan fingerprint density at radius 3 is 2.42 bits per heavy atom. The maximum absolute atomic E-state index is 12.1. The minimum atomic E-state index is -3.43. The lowest BCUT2D eigenvalue weighted by atomic mass is 10.2. The Hall–Kier alpha value is -0.940. The fourth-order valence-electron chi connectivity index (χ4n) is 1.35. The van der Waals surface area contributed by atoms with Crippen molar-refractivity contribution < 1.29 is 13.2 Å². The second-order valence-electron chi connectivity index (χ2n) is 5.11. The van der Waals surface area contributed by atoms with Crippen LogP contribution in [0.2, 0.25) is 0 Å². The van der Waals surface area contributed by atoms with Crippen LogP contribution in [0.15, 0.2) is 18.2 Å². The van der Waals surface area contributed by atoms with E-state index in [0.717, 1.165) is 5.56 Å². The Bertz CT molecular complexity index is 535. The quantitative estimate of drug-likeness (QED) is 0.849. The lowest BCUT2D eigenvalue weighted by molar-refractivity contribution is 0.337. The van der Waals surface area contributed by atoms with E-state index in [9.17, 15) is 8.42 Å². The summed E-state index contributed by atoms with van der Waals surface area (Å²) >= 11 is 5.84. The molecule has 0 saturated heterocycles. The molecule has 0 radical (unpaired) electrons. The van der Waals surface area contributed by atoms with Gasteiger partial charge in [-0.2, -0.15) is 0 Å². The Balaban J connectivity index is 3.05. The van der Waals surface area contributed by atoms with Crippen molar-refractivity contribution in [3.63, 3.8) is 0 Å². The van der Waals surface area contributed by atoms with Crippen LogP contribution in [0.25, 0.3) is 0 Å². The van der Waals surface area contributed by atoms with Gasteiger partial charge in [-0.3, -0.25) is 4.72 Å². The van der Waals surface area contributed by atoms with E-state index in [4.69, 9.17) is 16.3 Å². The maximum Gasteiger partial charge on any atom is 0.237 e. The molecule has 0 saturated carbocycles. The standard InChI is InChI=1S/C13H20ClNO3S/c1-5-18-12-7-6-11(8-10(12)9-14)15-19(16,17)13(2,3)4/h6-8,15H,5,9H2,1-4H3. The van der Waals surface area contributed by atoms with Crippen molar-refractivity contribution >= 4 is 27.3 Å². The lowest BCUT2D eigenvalue weighted by Gasteiger charge is -2.21. The predicted molar refractivity (Wildman–Crippen MR) is 79.5 cm³/mol. The molecule has 6 heteroatoms. The summed E-state index contributed by atoms with van der Waals surface area (Å²) in [7, 11) is -3.43. The van der Waals surface area contributed by atoms with Gasteiger partial charge in [0.1, 0.15) is 5.75 Å². The molecule has 0 unspecified atom stereocenters. The number of hydrogen-bond acceptors (Lipinski definition) is 3. The first-order valence-electron chi connectivity index (χ1n) is 6.05. The normalized spacial score (nSPS) is 12.3. The second kappa shape index (κ2) is 6.01.